The fourth-order valence-electron chi connectivity index (χ4n) is 1.94. The third-order valence-corrected chi connectivity index (χ3v) is 3.17. The zero-order valence-corrected chi connectivity index (χ0v) is 10.8. The summed E-state index contributed by atoms with van der Waals surface area (Å²) in [6.45, 7) is 4.57. The van der Waals surface area contributed by atoms with Gasteiger partial charge in [-0.05, 0) is 14.0 Å². The minimum Gasteiger partial charge on any atom is -0.367 e. The molecule has 1 aliphatic rings. The molecule has 0 N–H and O–H groups in total. The van der Waals surface area contributed by atoms with E-state index in [4.69, 9.17) is 16.3 Å². The molecule has 6 heteroatoms. The molecule has 1 fully saturated rings. The third kappa shape index (κ3) is 2.51. The highest BCUT2D eigenvalue weighted by atomic mass is 35.5. The number of carbonyl (C=O) groups is 1. The van der Waals surface area contributed by atoms with Gasteiger partial charge in [-0.3, -0.25) is 9.48 Å². The van der Waals surface area contributed by atoms with Gasteiger partial charge in [0.25, 0.3) is 0 Å². The predicted molar refractivity (Wildman–Crippen MR) is 64.5 cm³/mol. The van der Waals surface area contributed by atoms with E-state index in [1.807, 2.05) is 14.0 Å². The fourth-order valence-corrected chi connectivity index (χ4v) is 2.17. The van der Waals surface area contributed by atoms with Crippen LogP contribution in [0.3, 0.4) is 0 Å². The molecule has 0 radical (unpaired) electrons. The van der Waals surface area contributed by atoms with Gasteiger partial charge in [-0.25, -0.2) is 0 Å². The summed E-state index contributed by atoms with van der Waals surface area (Å²) in [5, 5.41) is 4.46. The summed E-state index contributed by atoms with van der Waals surface area (Å²) in [4.78, 5) is 14.4. The van der Waals surface area contributed by atoms with Crippen LogP contribution in [0.4, 0.5) is 0 Å². The molecule has 94 valence electrons. The van der Waals surface area contributed by atoms with Crippen LogP contribution < -0.4 is 0 Å². The standard InChI is InChI=1S/C11H16ClN3O2/c1-3-15-10(8(12)6-13-15)11(16)9-7-14(2)4-5-17-9/h6,9H,3-5,7H2,1-2H3. The maximum atomic E-state index is 12.3. The average Bonchev–Trinajstić information content (AvgIpc) is 2.69. The van der Waals surface area contributed by atoms with Crippen LogP contribution in [0.5, 0.6) is 0 Å². The van der Waals surface area contributed by atoms with Crippen LogP contribution in [0.1, 0.15) is 17.4 Å². The van der Waals surface area contributed by atoms with Crippen molar-refractivity contribution >= 4 is 17.4 Å². The van der Waals surface area contributed by atoms with Crippen molar-refractivity contribution in [2.24, 2.45) is 0 Å². The summed E-state index contributed by atoms with van der Waals surface area (Å²) < 4.78 is 7.11. The Balaban J connectivity index is 2.21. The summed E-state index contributed by atoms with van der Waals surface area (Å²) in [5.74, 6) is -0.0825. The van der Waals surface area contributed by atoms with Crippen LogP contribution in [0, 0.1) is 0 Å². The number of halogens is 1. The molecule has 1 aromatic heterocycles. The number of aromatic nitrogens is 2. The first-order chi connectivity index (χ1) is 8.13. The second kappa shape index (κ2) is 5.16. The molecule has 0 amide bonds. The van der Waals surface area contributed by atoms with Crippen molar-refractivity contribution in [2.75, 3.05) is 26.7 Å². The van der Waals surface area contributed by atoms with Crippen molar-refractivity contribution in [3.63, 3.8) is 0 Å². The number of ether oxygens (including phenoxy) is 1. The van der Waals surface area contributed by atoms with Crippen LogP contribution in [-0.2, 0) is 11.3 Å². The van der Waals surface area contributed by atoms with Crippen LogP contribution in [0.25, 0.3) is 0 Å². The smallest absolute Gasteiger partial charge is 0.212 e. The lowest BCUT2D eigenvalue weighted by atomic mass is 10.1. The van der Waals surface area contributed by atoms with E-state index >= 15 is 0 Å². The van der Waals surface area contributed by atoms with Crippen molar-refractivity contribution in [3.8, 4) is 0 Å². The molecule has 0 aliphatic carbocycles. The Bertz CT molecular complexity index is 419. The lowest BCUT2D eigenvalue weighted by Crippen LogP contribution is -2.44. The van der Waals surface area contributed by atoms with E-state index in [0.29, 0.717) is 30.4 Å². The van der Waals surface area contributed by atoms with Gasteiger partial charge in [-0.15, -0.1) is 0 Å². The molecule has 1 aromatic rings. The summed E-state index contributed by atoms with van der Waals surface area (Å²) in [6, 6.07) is 0. The van der Waals surface area contributed by atoms with Gasteiger partial charge in [-0.2, -0.15) is 5.10 Å². The number of likely N-dealkylation sites (N-methyl/N-ethyl adjacent to an activating group) is 1. The number of Topliss-reactive ketones (excluding diaryl/α,β-unsaturated/α-hetero) is 1. The molecular formula is C11H16ClN3O2. The van der Waals surface area contributed by atoms with Crippen molar-refractivity contribution in [1.29, 1.82) is 0 Å². The van der Waals surface area contributed by atoms with E-state index < -0.39 is 6.10 Å². The number of rotatable bonds is 3. The van der Waals surface area contributed by atoms with Gasteiger partial charge in [0, 0.05) is 19.6 Å². The topological polar surface area (TPSA) is 47.4 Å². The van der Waals surface area contributed by atoms with E-state index in [1.54, 1.807) is 4.68 Å². The van der Waals surface area contributed by atoms with Crippen molar-refractivity contribution < 1.29 is 9.53 Å². The van der Waals surface area contributed by atoms with Gasteiger partial charge in [0.1, 0.15) is 11.8 Å². The minimum atomic E-state index is -0.437. The second-order valence-corrected chi connectivity index (χ2v) is 4.55. The molecule has 1 aliphatic heterocycles. The van der Waals surface area contributed by atoms with E-state index in [2.05, 4.69) is 10.00 Å². The molecular weight excluding hydrogens is 242 g/mol. The molecule has 0 saturated carbocycles. The van der Waals surface area contributed by atoms with Crippen LogP contribution in [0.15, 0.2) is 6.20 Å². The monoisotopic (exact) mass is 257 g/mol. The van der Waals surface area contributed by atoms with E-state index in [-0.39, 0.29) is 5.78 Å². The highest BCUT2D eigenvalue weighted by Gasteiger charge is 2.29. The van der Waals surface area contributed by atoms with Gasteiger partial charge >= 0.3 is 0 Å². The van der Waals surface area contributed by atoms with Crippen molar-refractivity contribution in [1.82, 2.24) is 14.7 Å². The summed E-state index contributed by atoms with van der Waals surface area (Å²) in [5.41, 5.74) is 0.453. The number of ketones is 1. The molecule has 2 heterocycles. The molecule has 2 rings (SSSR count). The van der Waals surface area contributed by atoms with Crippen LogP contribution in [0.2, 0.25) is 5.02 Å². The number of morpholine rings is 1. The lowest BCUT2D eigenvalue weighted by molar-refractivity contribution is -0.00916. The second-order valence-electron chi connectivity index (χ2n) is 4.14. The number of aryl methyl sites for hydroxylation is 1. The maximum Gasteiger partial charge on any atom is 0.212 e. The first-order valence-corrected chi connectivity index (χ1v) is 6.07. The van der Waals surface area contributed by atoms with Crippen molar-refractivity contribution in [3.05, 3.63) is 16.9 Å². The number of carbonyl (C=O) groups excluding carboxylic acids is 1. The molecule has 0 spiro atoms. The van der Waals surface area contributed by atoms with E-state index in [9.17, 15) is 4.79 Å². The van der Waals surface area contributed by atoms with Gasteiger partial charge < -0.3 is 9.64 Å². The summed E-state index contributed by atoms with van der Waals surface area (Å²) in [7, 11) is 1.97. The number of hydrogen-bond acceptors (Lipinski definition) is 4. The first kappa shape index (κ1) is 12.5. The Kier molecular flexibility index (Phi) is 3.81. The molecule has 0 bridgehead atoms. The Morgan fingerprint density at radius 2 is 2.47 bits per heavy atom. The first-order valence-electron chi connectivity index (χ1n) is 5.69. The maximum absolute atomic E-state index is 12.3. The van der Waals surface area contributed by atoms with Gasteiger partial charge in [-0.1, -0.05) is 11.6 Å². The number of nitrogens with zero attached hydrogens (tertiary/aromatic N) is 3. The molecule has 17 heavy (non-hydrogen) atoms. The molecule has 1 unspecified atom stereocenters. The molecule has 1 atom stereocenters. The number of hydrogen-bond donors (Lipinski definition) is 0. The van der Waals surface area contributed by atoms with Gasteiger partial charge in [0.2, 0.25) is 5.78 Å². The zero-order valence-electron chi connectivity index (χ0n) is 10.0. The highest BCUT2D eigenvalue weighted by molar-refractivity contribution is 6.33. The Morgan fingerprint density at radius 3 is 3.12 bits per heavy atom. The van der Waals surface area contributed by atoms with Crippen LogP contribution >= 0.6 is 11.6 Å². The Hall–Kier alpha value is -0.910. The molecule has 1 saturated heterocycles. The average molecular weight is 258 g/mol. The molecule has 0 aromatic carbocycles. The fraction of sp³-hybridized carbons (Fsp3) is 0.636. The van der Waals surface area contributed by atoms with Gasteiger partial charge in [0.05, 0.1) is 17.8 Å². The van der Waals surface area contributed by atoms with Crippen LogP contribution in [-0.4, -0.2) is 53.3 Å². The summed E-state index contributed by atoms with van der Waals surface area (Å²) in [6.07, 6.45) is 1.07. The normalized spacial score (nSPS) is 21.7. The Morgan fingerprint density at radius 1 is 1.71 bits per heavy atom. The SMILES string of the molecule is CCn1ncc(Cl)c1C(=O)C1CN(C)CCO1. The largest absolute Gasteiger partial charge is 0.367 e. The van der Waals surface area contributed by atoms with Gasteiger partial charge in [0.15, 0.2) is 0 Å². The molecule has 5 nitrogen and oxygen atoms in total. The lowest BCUT2D eigenvalue weighted by Gasteiger charge is -2.29. The minimum absolute atomic E-state index is 0.0825. The van der Waals surface area contributed by atoms with E-state index in [1.165, 1.54) is 6.20 Å². The quantitative estimate of drug-likeness (QED) is 0.760. The third-order valence-electron chi connectivity index (χ3n) is 2.89. The summed E-state index contributed by atoms with van der Waals surface area (Å²) >= 11 is 6.00. The predicted octanol–water partition coefficient (Wildman–Crippen LogP) is 1.07. The van der Waals surface area contributed by atoms with E-state index in [0.717, 1.165) is 6.54 Å². The zero-order chi connectivity index (χ0) is 12.4. The highest BCUT2D eigenvalue weighted by Crippen LogP contribution is 2.19. The Labute approximate surface area is 105 Å². The van der Waals surface area contributed by atoms with Crippen molar-refractivity contribution in [2.45, 2.75) is 19.6 Å².